The first-order valence-corrected chi connectivity index (χ1v) is 3.95. The van der Waals surface area contributed by atoms with Crippen LogP contribution in [-0.4, -0.2) is 28.3 Å². The van der Waals surface area contributed by atoms with Crippen molar-refractivity contribution >= 4 is 12.9 Å². The molecule has 0 amide bonds. The normalized spacial score (nSPS) is 7.33. The molecule has 1 aromatic carbocycles. The first-order chi connectivity index (χ1) is 7.03. The van der Waals surface area contributed by atoms with Crippen molar-refractivity contribution in [1.82, 2.24) is 0 Å². The standard InChI is InChI=1S/C8H10O.2CH2O2/c1-6-3-4-8(9)5-7(6)2;2*2-1-3/h3-5,9H,1-2H3;2*1H,(H,2,3). The van der Waals surface area contributed by atoms with E-state index in [0.717, 1.165) is 5.56 Å². The van der Waals surface area contributed by atoms with E-state index in [9.17, 15) is 0 Å². The zero-order chi connectivity index (χ0) is 12.3. The second-order valence-electron chi connectivity index (χ2n) is 2.48. The number of aryl methyl sites for hydroxylation is 2. The van der Waals surface area contributed by atoms with Crippen LogP contribution in [0.2, 0.25) is 0 Å². The monoisotopic (exact) mass is 214 g/mol. The van der Waals surface area contributed by atoms with Gasteiger partial charge in [0.1, 0.15) is 5.75 Å². The molecule has 0 aliphatic heterocycles. The topological polar surface area (TPSA) is 94.8 Å². The van der Waals surface area contributed by atoms with Crippen molar-refractivity contribution in [2.75, 3.05) is 0 Å². The van der Waals surface area contributed by atoms with Crippen molar-refractivity contribution in [2.24, 2.45) is 0 Å². The summed E-state index contributed by atoms with van der Waals surface area (Å²) in [5.74, 6) is 0.345. The van der Waals surface area contributed by atoms with Gasteiger partial charge in [0.2, 0.25) is 0 Å². The quantitative estimate of drug-likeness (QED) is 0.567. The number of rotatable bonds is 0. The molecule has 15 heavy (non-hydrogen) atoms. The summed E-state index contributed by atoms with van der Waals surface area (Å²) in [6.07, 6.45) is 0. The van der Waals surface area contributed by atoms with Crippen LogP contribution >= 0.6 is 0 Å². The van der Waals surface area contributed by atoms with Crippen LogP contribution in [0.4, 0.5) is 0 Å². The molecule has 0 saturated heterocycles. The lowest BCUT2D eigenvalue weighted by Gasteiger charge is -1.97. The lowest BCUT2D eigenvalue weighted by Crippen LogP contribution is -1.76. The number of hydrogen-bond acceptors (Lipinski definition) is 3. The molecular formula is C10H14O5. The Bertz CT molecular complexity index is 290. The Morgan fingerprint density at radius 2 is 1.40 bits per heavy atom. The molecule has 1 rings (SSSR count). The summed E-state index contributed by atoms with van der Waals surface area (Å²) in [7, 11) is 0. The Balaban J connectivity index is 0. The number of hydrogen-bond donors (Lipinski definition) is 3. The average molecular weight is 214 g/mol. The second kappa shape index (κ2) is 10.0. The van der Waals surface area contributed by atoms with E-state index in [4.69, 9.17) is 24.9 Å². The Hall–Kier alpha value is -2.04. The van der Waals surface area contributed by atoms with Gasteiger partial charge in [-0.1, -0.05) is 6.07 Å². The van der Waals surface area contributed by atoms with E-state index in [1.54, 1.807) is 12.1 Å². The van der Waals surface area contributed by atoms with Crippen LogP contribution in [0.5, 0.6) is 5.75 Å². The molecule has 5 heteroatoms. The van der Waals surface area contributed by atoms with E-state index in [-0.39, 0.29) is 12.9 Å². The highest BCUT2D eigenvalue weighted by atomic mass is 16.3. The van der Waals surface area contributed by atoms with Gasteiger partial charge in [-0.05, 0) is 37.1 Å². The van der Waals surface area contributed by atoms with Gasteiger partial charge >= 0.3 is 0 Å². The van der Waals surface area contributed by atoms with E-state index in [1.165, 1.54) is 5.56 Å². The fraction of sp³-hybridized carbons (Fsp3) is 0.200. The zero-order valence-corrected chi connectivity index (χ0v) is 8.54. The zero-order valence-electron chi connectivity index (χ0n) is 8.54. The van der Waals surface area contributed by atoms with Gasteiger partial charge in [-0.15, -0.1) is 0 Å². The highest BCUT2D eigenvalue weighted by molar-refractivity contribution is 5.33. The number of carboxylic acid groups (broad SMARTS) is 2. The SMILES string of the molecule is Cc1ccc(O)cc1C.O=CO.O=CO. The summed E-state index contributed by atoms with van der Waals surface area (Å²) in [4.78, 5) is 16.7. The fourth-order valence-electron chi connectivity index (χ4n) is 0.726. The molecule has 0 atom stereocenters. The molecule has 0 unspecified atom stereocenters. The Morgan fingerprint density at radius 3 is 1.67 bits per heavy atom. The summed E-state index contributed by atoms with van der Waals surface area (Å²) in [6, 6.07) is 5.36. The van der Waals surface area contributed by atoms with Gasteiger partial charge < -0.3 is 15.3 Å². The molecule has 84 valence electrons. The molecule has 1 aromatic rings. The Kier molecular flexibility index (Phi) is 10.3. The summed E-state index contributed by atoms with van der Waals surface area (Å²) < 4.78 is 0. The van der Waals surface area contributed by atoms with Gasteiger partial charge in [0.15, 0.2) is 0 Å². The van der Waals surface area contributed by atoms with E-state index < -0.39 is 0 Å². The smallest absolute Gasteiger partial charge is 0.290 e. The predicted molar refractivity (Wildman–Crippen MR) is 55.0 cm³/mol. The van der Waals surface area contributed by atoms with E-state index in [0.29, 0.717) is 5.75 Å². The molecule has 0 fully saturated rings. The molecule has 5 nitrogen and oxygen atoms in total. The first kappa shape index (κ1) is 15.4. The number of phenolic OH excluding ortho intramolecular Hbond substituents is 1. The van der Waals surface area contributed by atoms with E-state index in [2.05, 4.69) is 0 Å². The highest BCUT2D eigenvalue weighted by Crippen LogP contribution is 2.13. The highest BCUT2D eigenvalue weighted by Gasteiger charge is 1.90. The van der Waals surface area contributed by atoms with Crippen molar-refractivity contribution < 1.29 is 24.9 Å². The molecule has 0 radical (unpaired) electrons. The van der Waals surface area contributed by atoms with Gasteiger partial charge in [0.05, 0.1) is 0 Å². The van der Waals surface area contributed by atoms with Crippen LogP contribution in [-0.2, 0) is 9.59 Å². The van der Waals surface area contributed by atoms with Crippen LogP contribution in [0.15, 0.2) is 18.2 Å². The maximum Gasteiger partial charge on any atom is 0.290 e. The minimum atomic E-state index is -0.250. The maximum absolute atomic E-state index is 8.94. The molecule has 0 aliphatic rings. The first-order valence-electron chi connectivity index (χ1n) is 3.95. The Labute approximate surface area is 87.6 Å². The minimum Gasteiger partial charge on any atom is -0.508 e. The van der Waals surface area contributed by atoms with E-state index >= 15 is 0 Å². The molecule has 0 saturated carbocycles. The van der Waals surface area contributed by atoms with Crippen molar-refractivity contribution in [3.63, 3.8) is 0 Å². The van der Waals surface area contributed by atoms with Crippen LogP contribution in [0.25, 0.3) is 0 Å². The van der Waals surface area contributed by atoms with Crippen LogP contribution in [0.3, 0.4) is 0 Å². The lowest BCUT2D eigenvalue weighted by atomic mass is 10.1. The van der Waals surface area contributed by atoms with E-state index in [1.807, 2.05) is 19.9 Å². The minimum absolute atomic E-state index is 0.250. The third-order valence-electron chi connectivity index (χ3n) is 1.49. The van der Waals surface area contributed by atoms with Gasteiger partial charge in [-0.25, -0.2) is 0 Å². The molecule has 0 aromatic heterocycles. The van der Waals surface area contributed by atoms with Crippen molar-refractivity contribution in [3.05, 3.63) is 29.3 Å². The summed E-state index contributed by atoms with van der Waals surface area (Å²) in [5.41, 5.74) is 2.35. The van der Waals surface area contributed by atoms with Crippen LogP contribution < -0.4 is 0 Å². The fourth-order valence-corrected chi connectivity index (χ4v) is 0.726. The lowest BCUT2D eigenvalue weighted by molar-refractivity contribution is -0.123. The molecule has 0 heterocycles. The van der Waals surface area contributed by atoms with Gasteiger partial charge in [0.25, 0.3) is 12.9 Å². The number of carbonyl (C=O) groups is 2. The van der Waals surface area contributed by atoms with Crippen molar-refractivity contribution in [3.8, 4) is 5.75 Å². The predicted octanol–water partition coefficient (Wildman–Crippen LogP) is 1.41. The summed E-state index contributed by atoms with van der Waals surface area (Å²) >= 11 is 0. The molecular weight excluding hydrogens is 200 g/mol. The number of phenols is 1. The average Bonchev–Trinajstić information content (AvgIpc) is 2.14. The summed E-state index contributed by atoms with van der Waals surface area (Å²) in [5, 5.41) is 22.7. The van der Waals surface area contributed by atoms with Crippen molar-refractivity contribution in [1.29, 1.82) is 0 Å². The molecule has 0 aliphatic carbocycles. The maximum atomic E-state index is 8.94. The molecule has 3 N–H and O–H groups in total. The van der Waals surface area contributed by atoms with Crippen LogP contribution in [0, 0.1) is 13.8 Å². The third kappa shape index (κ3) is 9.88. The van der Waals surface area contributed by atoms with Crippen LogP contribution in [0.1, 0.15) is 11.1 Å². The number of aromatic hydroxyl groups is 1. The molecule has 0 bridgehead atoms. The second-order valence-corrected chi connectivity index (χ2v) is 2.48. The van der Waals surface area contributed by atoms with Gasteiger partial charge in [-0.3, -0.25) is 9.59 Å². The summed E-state index contributed by atoms with van der Waals surface area (Å²) in [6.45, 7) is 3.50. The Morgan fingerprint density at radius 1 is 1.00 bits per heavy atom. The van der Waals surface area contributed by atoms with Gasteiger partial charge in [-0.2, -0.15) is 0 Å². The third-order valence-corrected chi connectivity index (χ3v) is 1.49. The van der Waals surface area contributed by atoms with Crippen molar-refractivity contribution in [2.45, 2.75) is 13.8 Å². The van der Waals surface area contributed by atoms with Gasteiger partial charge in [0, 0.05) is 0 Å². The largest absolute Gasteiger partial charge is 0.508 e. The number of benzene rings is 1. The molecule has 0 spiro atoms.